The zero-order valence-electron chi connectivity index (χ0n) is 17.2. The minimum Gasteiger partial charge on any atom is -0.493 e. The number of aryl methyl sites for hydroxylation is 1. The van der Waals surface area contributed by atoms with Crippen LogP contribution in [0.3, 0.4) is 0 Å². The fourth-order valence-electron chi connectivity index (χ4n) is 3.97. The first kappa shape index (κ1) is 19.8. The van der Waals surface area contributed by atoms with E-state index in [-0.39, 0.29) is 6.10 Å². The summed E-state index contributed by atoms with van der Waals surface area (Å²) in [5.41, 5.74) is 5.24. The number of hydrogen-bond acceptors (Lipinski definition) is 6. The van der Waals surface area contributed by atoms with E-state index < -0.39 is 0 Å². The number of pyridine rings is 1. The van der Waals surface area contributed by atoms with Crippen LogP contribution in [0.4, 0.5) is 0 Å². The molecule has 0 amide bonds. The number of ether oxygens (including phenoxy) is 3. The van der Waals surface area contributed by atoms with Crippen molar-refractivity contribution in [2.75, 3.05) is 14.2 Å². The van der Waals surface area contributed by atoms with Gasteiger partial charge in [-0.2, -0.15) is 5.10 Å². The molecule has 5 rings (SSSR count). The lowest BCUT2D eigenvalue weighted by molar-refractivity contribution is 0.168. The first-order valence-electron chi connectivity index (χ1n) is 9.98. The molecule has 1 aromatic carbocycles. The highest BCUT2D eigenvalue weighted by atomic mass is 79.9. The lowest BCUT2D eigenvalue weighted by Crippen LogP contribution is -2.16. The predicted molar refractivity (Wildman–Crippen MR) is 119 cm³/mol. The lowest BCUT2D eigenvalue weighted by atomic mass is 9.95. The van der Waals surface area contributed by atoms with Gasteiger partial charge in [0.2, 0.25) is 5.88 Å². The first-order chi connectivity index (χ1) is 15.1. The van der Waals surface area contributed by atoms with E-state index in [0.717, 1.165) is 56.7 Å². The topological polar surface area (TPSA) is 70.8 Å². The zero-order valence-corrected chi connectivity index (χ0v) is 18.8. The second-order valence-corrected chi connectivity index (χ2v) is 8.37. The van der Waals surface area contributed by atoms with Crippen LogP contribution in [0.15, 0.2) is 53.5 Å². The molecule has 3 aromatic heterocycles. The molecular weight excluding hydrogens is 460 g/mol. The summed E-state index contributed by atoms with van der Waals surface area (Å²) in [5.74, 6) is 2.14. The van der Waals surface area contributed by atoms with Gasteiger partial charge in [0.25, 0.3) is 0 Å². The highest BCUT2D eigenvalue weighted by Crippen LogP contribution is 2.42. The third kappa shape index (κ3) is 3.83. The average molecular weight is 481 g/mol. The van der Waals surface area contributed by atoms with Crippen molar-refractivity contribution in [3.05, 3.63) is 75.8 Å². The van der Waals surface area contributed by atoms with Gasteiger partial charge in [0, 0.05) is 42.2 Å². The van der Waals surface area contributed by atoms with E-state index in [1.165, 1.54) is 0 Å². The molecule has 8 heteroatoms. The zero-order chi connectivity index (χ0) is 21.4. The van der Waals surface area contributed by atoms with Crippen molar-refractivity contribution in [3.63, 3.8) is 0 Å². The second-order valence-electron chi connectivity index (χ2n) is 7.45. The lowest BCUT2D eigenvalue weighted by Gasteiger charge is -2.28. The Hall–Kier alpha value is -3.13. The van der Waals surface area contributed by atoms with E-state index in [1.54, 1.807) is 24.9 Å². The Balaban J connectivity index is 1.42. The van der Waals surface area contributed by atoms with Gasteiger partial charge in [0.1, 0.15) is 6.10 Å². The molecule has 7 nitrogen and oxygen atoms in total. The molecule has 0 saturated heterocycles. The fraction of sp³-hybridized carbons (Fsp3) is 0.261. The van der Waals surface area contributed by atoms with Gasteiger partial charge in [0.15, 0.2) is 17.1 Å². The number of methoxy groups -OCH3 is 2. The summed E-state index contributed by atoms with van der Waals surface area (Å²) in [6.07, 6.45) is 9.80. The standard InChI is InChI=1S/C23H21BrN4O3/c1-29-20-9-14(8-17-11-27-28-13-18(24)12-26-23(17)28)7-15-3-5-19(31-22(15)20)16-4-6-21(30-2)25-10-16/h4,6-7,9-13,19H,3,5,8H2,1-2H3. The normalized spacial score (nSPS) is 15.4. The maximum Gasteiger partial charge on any atom is 0.212 e. The maximum absolute atomic E-state index is 6.35. The van der Waals surface area contributed by atoms with Gasteiger partial charge in [-0.05, 0) is 52.0 Å². The smallest absolute Gasteiger partial charge is 0.212 e. The van der Waals surface area contributed by atoms with Crippen molar-refractivity contribution < 1.29 is 14.2 Å². The fourth-order valence-corrected chi connectivity index (χ4v) is 4.26. The van der Waals surface area contributed by atoms with E-state index in [2.05, 4.69) is 37.1 Å². The van der Waals surface area contributed by atoms with Crippen LogP contribution in [-0.2, 0) is 12.8 Å². The molecule has 0 spiro atoms. The van der Waals surface area contributed by atoms with Crippen molar-refractivity contribution in [1.82, 2.24) is 19.6 Å². The van der Waals surface area contributed by atoms with Gasteiger partial charge in [0.05, 0.1) is 24.9 Å². The summed E-state index contributed by atoms with van der Waals surface area (Å²) in [6.45, 7) is 0. The SMILES string of the molecule is COc1ccc(C2CCc3cc(Cc4cnn5cc(Br)cnc45)cc(OC)c3O2)cn1. The highest BCUT2D eigenvalue weighted by molar-refractivity contribution is 9.10. The molecular formula is C23H21BrN4O3. The van der Waals surface area contributed by atoms with Crippen LogP contribution in [0.2, 0.25) is 0 Å². The van der Waals surface area contributed by atoms with Gasteiger partial charge in [-0.1, -0.05) is 6.07 Å². The Bertz CT molecular complexity index is 1220. The van der Waals surface area contributed by atoms with Crippen LogP contribution in [0, 0.1) is 0 Å². The Labute approximate surface area is 188 Å². The summed E-state index contributed by atoms with van der Waals surface area (Å²) in [7, 11) is 3.29. The number of halogens is 1. The van der Waals surface area contributed by atoms with Crippen molar-refractivity contribution in [2.45, 2.75) is 25.4 Å². The molecule has 1 aliphatic rings. The van der Waals surface area contributed by atoms with Gasteiger partial charge >= 0.3 is 0 Å². The molecule has 1 aliphatic heterocycles. The number of fused-ring (bicyclic) bond motifs is 2. The highest BCUT2D eigenvalue weighted by Gasteiger charge is 2.25. The Morgan fingerprint density at radius 3 is 2.81 bits per heavy atom. The van der Waals surface area contributed by atoms with Crippen LogP contribution in [0.1, 0.15) is 34.8 Å². The van der Waals surface area contributed by atoms with Crippen LogP contribution in [0.5, 0.6) is 17.4 Å². The number of hydrogen-bond donors (Lipinski definition) is 0. The summed E-state index contributed by atoms with van der Waals surface area (Å²) in [5, 5.41) is 4.41. The minimum atomic E-state index is -0.0621. The van der Waals surface area contributed by atoms with Gasteiger partial charge < -0.3 is 14.2 Å². The molecule has 0 saturated carbocycles. The molecule has 158 valence electrons. The molecule has 1 atom stereocenters. The summed E-state index contributed by atoms with van der Waals surface area (Å²) >= 11 is 3.43. The van der Waals surface area contributed by atoms with Crippen molar-refractivity contribution in [2.24, 2.45) is 0 Å². The molecule has 4 aromatic rings. The summed E-state index contributed by atoms with van der Waals surface area (Å²) in [6, 6.07) is 8.09. The number of rotatable bonds is 5. The Morgan fingerprint density at radius 2 is 2.03 bits per heavy atom. The molecule has 1 unspecified atom stereocenters. The van der Waals surface area contributed by atoms with E-state index in [0.29, 0.717) is 12.3 Å². The largest absolute Gasteiger partial charge is 0.493 e. The quantitative estimate of drug-likeness (QED) is 0.416. The molecule has 0 bridgehead atoms. The number of aromatic nitrogens is 4. The summed E-state index contributed by atoms with van der Waals surface area (Å²) in [4.78, 5) is 8.81. The number of nitrogens with zero attached hydrogens (tertiary/aromatic N) is 4. The molecule has 0 fully saturated rings. The van der Waals surface area contributed by atoms with Crippen LogP contribution >= 0.6 is 15.9 Å². The van der Waals surface area contributed by atoms with Crippen LogP contribution in [-0.4, -0.2) is 33.8 Å². The van der Waals surface area contributed by atoms with E-state index >= 15 is 0 Å². The molecule has 0 radical (unpaired) electrons. The van der Waals surface area contributed by atoms with E-state index in [9.17, 15) is 0 Å². The Kier molecular flexibility index (Phi) is 5.23. The van der Waals surface area contributed by atoms with E-state index in [1.807, 2.05) is 36.8 Å². The Morgan fingerprint density at radius 1 is 1.13 bits per heavy atom. The van der Waals surface area contributed by atoms with Crippen molar-refractivity contribution >= 4 is 21.6 Å². The van der Waals surface area contributed by atoms with Crippen LogP contribution in [0.25, 0.3) is 5.65 Å². The maximum atomic E-state index is 6.35. The van der Waals surface area contributed by atoms with Gasteiger partial charge in [-0.25, -0.2) is 14.5 Å². The van der Waals surface area contributed by atoms with E-state index in [4.69, 9.17) is 14.2 Å². The van der Waals surface area contributed by atoms with Crippen molar-refractivity contribution in [3.8, 4) is 17.4 Å². The predicted octanol–water partition coefficient (Wildman–Crippen LogP) is 4.56. The monoisotopic (exact) mass is 480 g/mol. The molecule has 0 aliphatic carbocycles. The molecule has 4 heterocycles. The molecule has 0 N–H and O–H groups in total. The minimum absolute atomic E-state index is 0.0621. The average Bonchev–Trinajstić information content (AvgIpc) is 3.19. The second kappa shape index (κ2) is 8.19. The first-order valence-corrected chi connectivity index (χ1v) is 10.8. The van der Waals surface area contributed by atoms with Gasteiger partial charge in [-0.3, -0.25) is 0 Å². The third-order valence-corrected chi connectivity index (χ3v) is 5.89. The number of benzene rings is 1. The van der Waals surface area contributed by atoms with Crippen LogP contribution < -0.4 is 14.2 Å². The molecule has 31 heavy (non-hydrogen) atoms. The third-order valence-electron chi connectivity index (χ3n) is 5.48. The summed E-state index contributed by atoms with van der Waals surface area (Å²) < 4.78 is 19.9. The van der Waals surface area contributed by atoms with Crippen molar-refractivity contribution in [1.29, 1.82) is 0 Å². The van der Waals surface area contributed by atoms with Gasteiger partial charge in [-0.15, -0.1) is 0 Å².